The highest BCUT2D eigenvalue weighted by atomic mass is 16.5. The Morgan fingerprint density at radius 3 is 2.45 bits per heavy atom. The van der Waals surface area contributed by atoms with E-state index < -0.39 is 23.4 Å². The number of benzene rings is 3. The molecular weight excluding hydrogens is 484 g/mol. The van der Waals surface area contributed by atoms with Gasteiger partial charge in [0.25, 0.3) is 0 Å². The van der Waals surface area contributed by atoms with Gasteiger partial charge in [0, 0.05) is 16.5 Å². The summed E-state index contributed by atoms with van der Waals surface area (Å²) < 4.78 is 17.6. The molecule has 1 atom stereocenters. The monoisotopic (exact) mass is 512 g/mol. The Bertz CT molecular complexity index is 1570. The SMILES string of the molecule is COc1ccc(CO[C@@H]2C3=C(C=C(C)CC=C3)C(=O)c3c2c(OC)c2cc(C)c(C=O)c(O)c2c3O)cc1. The van der Waals surface area contributed by atoms with Gasteiger partial charge in [-0.05, 0) is 55.2 Å². The summed E-state index contributed by atoms with van der Waals surface area (Å²) in [6.45, 7) is 3.83. The quantitative estimate of drug-likeness (QED) is 0.388. The van der Waals surface area contributed by atoms with Crippen LogP contribution in [0.1, 0.15) is 56.9 Å². The lowest BCUT2D eigenvalue weighted by molar-refractivity contribution is 0.0606. The molecule has 0 amide bonds. The Labute approximate surface area is 220 Å². The van der Waals surface area contributed by atoms with Gasteiger partial charge in [-0.2, -0.15) is 0 Å². The molecule has 38 heavy (non-hydrogen) atoms. The van der Waals surface area contributed by atoms with E-state index in [1.807, 2.05) is 49.4 Å². The molecule has 3 aromatic carbocycles. The third kappa shape index (κ3) is 3.96. The smallest absolute Gasteiger partial charge is 0.197 e. The van der Waals surface area contributed by atoms with E-state index in [0.717, 1.165) is 16.9 Å². The van der Waals surface area contributed by atoms with Crippen LogP contribution >= 0.6 is 0 Å². The van der Waals surface area contributed by atoms with E-state index in [-0.39, 0.29) is 23.1 Å². The molecule has 2 aliphatic carbocycles. The van der Waals surface area contributed by atoms with Gasteiger partial charge in [-0.1, -0.05) is 35.9 Å². The first-order valence-electron chi connectivity index (χ1n) is 12.2. The van der Waals surface area contributed by atoms with Crippen molar-refractivity contribution in [1.82, 2.24) is 0 Å². The maximum atomic E-state index is 13.9. The van der Waals surface area contributed by atoms with Crippen LogP contribution in [0.4, 0.5) is 0 Å². The molecule has 0 aliphatic heterocycles. The summed E-state index contributed by atoms with van der Waals surface area (Å²) in [6, 6.07) is 9.14. The Kier molecular flexibility index (Phi) is 6.55. The topological polar surface area (TPSA) is 102 Å². The number of ketones is 1. The first-order valence-corrected chi connectivity index (χ1v) is 12.2. The number of phenols is 2. The third-order valence-corrected chi connectivity index (χ3v) is 7.13. The molecule has 194 valence electrons. The first kappa shape index (κ1) is 25.3. The number of fused-ring (bicyclic) bond motifs is 2. The number of hydrogen-bond acceptors (Lipinski definition) is 7. The molecule has 5 rings (SSSR count). The molecular formula is C31H28O7. The standard InChI is InChI=1S/C31H28O7/c1-16-6-5-7-20-21(12-16)27(33)25-26(31(20)38-15-18-8-10-19(36-3)11-9-18)30(37-4)22-13-17(2)23(14-32)28(34)24(22)29(25)35/h5,7-14,31,34-35H,6,15H2,1-4H3/t31-/m1/s1. The number of carbonyl (C=O) groups excluding carboxylic acids is 2. The first-order chi connectivity index (χ1) is 18.3. The predicted octanol–water partition coefficient (Wildman–Crippen LogP) is 6.05. The van der Waals surface area contributed by atoms with Crippen LogP contribution in [0, 0.1) is 6.92 Å². The summed E-state index contributed by atoms with van der Waals surface area (Å²) in [7, 11) is 3.07. The number of allylic oxidation sites excluding steroid dienone is 4. The van der Waals surface area contributed by atoms with E-state index in [4.69, 9.17) is 14.2 Å². The minimum Gasteiger partial charge on any atom is -0.506 e. The van der Waals surface area contributed by atoms with Gasteiger partial charge in [-0.3, -0.25) is 9.59 Å². The van der Waals surface area contributed by atoms with Gasteiger partial charge in [-0.15, -0.1) is 0 Å². The van der Waals surface area contributed by atoms with Crippen molar-refractivity contribution in [2.24, 2.45) is 0 Å². The number of Topliss-reactive ketones (excluding diaryl/α,β-unsaturated/α-hetero) is 1. The molecule has 2 N–H and O–H groups in total. The van der Waals surface area contributed by atoms with Crippen molar-refractivity contribution < 1.29 is 34.0 Å². The van der Waals surface area contributed by atoms with E-state index in [1.54, 1.807) is 20.1 Å². The molecule has 0 saturated carbocycles. The van der Waals surface area contributed by atoms with Crippen molar-refractivity contribution in [3.8, 4) is 23.0 Å². The highest BCUT2D eigenvalue weighted by Gasteiger charge is 2.39. The normalized spacial score (nSPS) is 16.6. The number of phenolic OH excluding ortho intramolecular Hbond substituents is 2. The van der Waals surface area contributed by atoms with Crippen LogP contribution in [0.2, 0.25) is 0 Å². The molecule has 7 heteroatoms. The Morgan fingerprint density at radius 2 is 1.79 bits per heavy atom. The van der Waals surface area contributed by atoms with Crippen LogP contribution < -0.4 is 9.47 Å². The molecule has 0 saturated heterocycles. The van der Waals surface area contributed by atoms with E-state index in [1.165, 1.54) is 7.11 Å². The van der Waals surface area contributed by atoms with Gasteiger partial charge in [-0.25, -0.2) is 0 Å². The fourth-order valence-corrected chi connectivity index (χ4v) is 5.23. The van der Waals surface area contributed by atoms with Crippen molar-refractivity contribution in [2.45, 2.75) is 33.0 Å². The van der Waals surface area contributed by atoms with Gasteiger partial charge in [0.15, 0.2) is 12.1 Å². The zero-order valence-electron chi connectivity index (χ0n) is 21.6. The highest BCUT2D eigenvalue weighted by molar-refractivity contribution is 6.20. The summed E-state index contributed by atoms with van der Waals surface area (Å²) in [5, 5.41) is 22.8. The van der Waals surface area contributed by atoms with Crippen LogP contribution in [0.15, 0.2) is 65.3 Å². The number of aromatic hydroxyl groups is 2. The second kappa shape index (κ2) is 9.84. The zero-order valence-corrected chi connectivity index (χ0v) is 21.6. The number of hydrogen-bond donors (Lipinski definition) is 2. The van der Waals surface area contributed by atoms with E-state index >= 15 is 0 Å². The number of ether oxygens (including phenoxy) is 3. The molecule has 3 aromatic rings. The van der Waals surface area contributed by atoms with Crippen molar-refractivity contribution in [1.29, 1.82) is 0 Å². The van der Waals surface area contributed by atoms with Crippen molar-refractivity contribution in [3.63, 3.8) is 0 Å². The van der Waals surface area contributed by atoms with Crippen molar-refractivity contribution in [2.75, 3.05) is 14.2 Å². The Morgan fingerprint density at radius 1 is 1.05 bits per heavy atom. The van der Waals surface area contributed by atoms with Gasteiger partial charge in [0.2, 0.25) is 0 Å². The summed E-state index contributed by atoms with van der Waals surface area (Å²) in [4.78, 5) is 25.6. The minimum atomic E-state index is -0.753. The van der Waals surface area contributed by atoms with Crippen LogP contribution in [0.5, 0.6) is 23.0 Å². The fraction of sp³-hybridized carbons (Fsp3) is 0.226. The number of aryl methyl sites for hydroxylation is 1. The van der Waals surface area contributed by atoms with Crippen molar-refractivity contribution in [3.05, 3.63) is 93.1 Å². The molecule has 0 aromatic heterocycles. The largest absolute Gasteiger partial charge is 0.506 e. The van der Waals surface area contributed by atoms with Crippen molar-refractivity contribution >= 4 is 22.8 Å². The van der Waals surface area contributed by atoms with E-state index in [2.05, 4.69) is 0 Å². The lowest BCUT2D eigenvalue weighted by Crippen LogP contribution is -2.22. The van der Waals surface area contributed by atoms with E-state index in [9.17, 15) is 19.8 Å². The summed E-state index contributed by atoms with van der Waals surface area (Å²) >= 11 is 0. The van der Waals surface area contributed by atoms with Crippen LogP contribution in [-0.2, 0) is 11.3 Å². The maximum Gasteiger partial charge on any atom is 0.197 e. The second-order valence-electron chi connectivity index (χ2n) is 9.50. The van der Waals surface area contributed by atoms with Crippen LogP contribution in [-0.4, -0.2) is 36.5 Å². The number of aldehydes is 1. The van der Waals surface area contributed by atoms with Crippen LogP contribution in [0.3, 0.4) is 0 Å². The molecule has 2 aliphatic rings. The molecule has 0 fully saturated rings. The molecule has 0 bridgehead atoms. The molecule has 0 heterocycles. The van der Waals surface area contributed by atoms with Gasteiger partial charge in [0.05, 0.1) is 37.3 Å². The molecule has 7 nitrogen and oxygen atoms in total. The average molecular weight is 513 g/mol. The Balaban J connectivity index is 1.78. The summed E-state index contributed by atoms with van der Waals surface area (Å²) in [5.41, 5.74) is 3.85. The zero-order chi connectivity index (χ0) is 27.1. The maximum absolute atomic E-state index is 13.9. The lowest BCUT2D eigenvalue weighted by atomic mass is 9.79. The molecule has 0 spiro atoms. The highest BCUT2D eigenvalue weighted by Crippen LogP contribution is 2.53. The van der Waals surface area contributed by atoms with Gasteiger partial charge in [0.1, 0.15) is 29.1 Å². The summed E-state index contributed by atoms with van der Waals surface area (Å²) in [6.07, 6.45) is 6.12. The van der Waals surface area contributed by atoms with Gasteiger partial charge >= 0.3 is 0 Å². The number of methoxy groups -OCH3 is 2. The molecule has 0 unspecified atom stereocenters. The molecule has 0 radical (unpaired) electrons. The second-order valence-corrected chi connectivity index (χ2v) is 9.50. The number of rotatable bonds is 6. The fourth-order valence-electron chi connectivity index (χ4n) is 5.23. The predicted molar refractivity (Wildman–Crippen MR) is 143 cm³/mol. The summed E-state index contributed by atoms with van der Waals surface area (Å²) in [5.74, 6) is -0.200. The minimum absolute atomic E-state index is 0.00975. The lowest BCUT2D eigenvalue weighted by Gasteiger charge is -2.31. The third-order valence-electron chi connectivity index (χ3n) is 7.13. The van der Waals surface area contributed by atoms with E-state index in [0.29, 0.717) is 46.1 Å². The number of carbonyl (C=O) groups is 2. The Hall–Kier alpha value is -4.36. The van der Waals surface area contributed by atoms with Gasteiger partial charge < -0.3 is 24.4 Å². The van der Waals surface area contributed by atoms with Crippen LogP contribution in [0.25, 0.3) is 10.8 Å². The average Bonchev–Trinajstić information content (AvgIpc) is 3.10.